The maximum absolute atomic E-state index is 12.1. The van der Waals surface area contributed by atoms with Crippen molar-refractivity contribution in [2.45, 2.75) is 0 Å². The summed E-state index contributed by atoms with van der Waals surface area (Å²) in [7, 11) is 1.68. The predicted octanol–water partition coefficient (Wildman–Crippen LogP) is 2.84. The van der Waals surface area contributed by atoms with Gasteiger partial charge in [-0.25, -0.2) is 0 Å². The number of anilines is 1. The van der Waals surface area contributed by atoms with E-state index in [2.05, 4.69) is 10.4 Å². The van der Waals surface area contributed by atoms with Gasteiger partial charge in [0, 0.05) is 24.3 Å². The lowest BCUT2D eigenvalue weighted by molar-refractivity contribution is -0.383. The molecular weight excluding hydrogens is 399 g/mol. The normalized spacial score (nSPS) is 10.3. The Kier molecular flexibility index (Phi) is 4.23. The smallest absolute Gasteiger partial charge is 0.294 e. The molecule has 0 bridgehead atoms. The monoisotopic (exact) mass is 406 g/mol. The number of rotatable bonds is 3. The second-order valence-corrected chi connectivity index (χ2v) is 5.47. The number of amides is 1. The van der Waals surface area contributed by atoms with E-state index < -0.39 is 10.8 Å². The summed E-state index contributed by atoms with van der Waals surface area (Å²) >= 11 is 7.68. The van der Waals surface area contributed by atoms with Crippen LogP contribution in [0.1, 0.15) is 10.5 Å². The van der Waals surface area contributed by atoms with E-state index in [1.54, 1.807) is 13.2 Å². The van der Waals surface area contributed by atoms with Crippen LogP contribution in [0.15, 0.2) is 24.4 Å². The maximum atomic E-state index is 12.1. The third-order valence-corrected chi connectivity index (χ3v) is 3.43. The molecule has 104 valence electrons. The van der Waals surface area contributed by atoms with Gasteiger partial charge in [0.05, 0.1) is 8.49 Å². The molecule has 1 N–H and O–H groups in total. The highest BCUT2D eigenvalue weighted by molar-refractivity contribution is 14.1. The van der Waals surface area contributed by atoms with Crippen molar-refractivity contribution < 1.29 is 9.72 Å². The molecule has 0 aliphatic heterocycles. The van der Waals surface area contributed by atoms with Crippen LogP contribution in [0.25, 0.3) is 0 Å². The standard InChI is InChI=1S/C11H8ClIN4O3/c1-16-5-7(13)10(15-16)11(18)14-8-3-2-6(12)4-9(8)17(19)20/h2-5H,1H3,(H,14,18). The average molecular weight is 407 g/mol. The zero-order valence-corrected chi connectivity index (χ0v) is 13.0. The Morgan fingerprint density at radius 2 is 2.25 bits per heavy atom. The number of nitrogens with zero attached hydrogens (tertiary/aromatic N) is 3. The van der Waals surface area contributed by atoms with Crippen molar-refractivity contribution in [3.63, 3.8) is 0 Å². The molecule has 2 aromatic rings. The van der Waals surface area contributed by atoms with E-state index in [-0.39, 0.29) is 22.1 Å². The number of carbonyl (C=O) groups is 1. The first-order valence-corrected chi connectivity index (χ1v) is 6.78. The van der Waals surface area contributed by atoms with Crippen molar-refractivity contribution in [1.82, 2.24) is 9.78 Å². The van der Waals surface area contributed by atoms with Crippen LogP contribution in [0.4, 0.5) is 11.4 Å². The Balaban J connectivity index is 2.33. The Labute approximate surface area is 132 Å². The molecule has 1 heterocycles. The predicted molar refractivity (Wildman–Crippen MR) is 82.0 cm³/mol. The van der Waals surface area contributed by atoms with Crippen LogP contribution in [0.3, 0.4) is 0 Å². The summed E-state index contributed by atoms with van der Waals surface area (Å²) in [6.45, 7) is 0. The first-order valence-electron chi connectivity index (χ1n) is 5.33. The number of nitrogens with one attached hydrogen (secondary N) is 1. The van der Waals surface area contributed by atoms with Crippen molar-refractivity contribution in [2.75, 3.05) is 5.32 Å². The highest BCUT2D eigenvalue weighted by atomic mass is 127. The molecule has 20 heavy (non-hydrogen) atoms. The van der Waals surface area contributed by atoms with Crippen LogP contribution in [0, 0.1) is 13.7 Å². The summed E-state index contributed by atoms with van der Waals surface area (Å²) in [5.74, 6) is -0.513. The number of benzene rings is 1. The zero-order chi connectivity index (χ0) is 14.9. The summed E-state index contributed by atoms with van der Waals surface area (Å²) in [6.07, 6.45) is 1.67. The molecule has 0 saturated carbocycles. The SMILES string of the molecule is Cn1cc(I)c(C(=O)Nc2ccc(Cl)cc2[N+](=O)[O-])n1. The van der Waals surface area contributed by atoms with Crippen LogP contribution >= 0.6 is 34.2 Å². The summed E-state index contributed by atoms with van der Waals surface area (Å²) in [5.41, 5.74) is 0.0139. The van der Waals surface area contributed by atoms with Gasteiger partial charge < -0.3 is 5.32 Å². The number of aromatic nitrogens is 2. The third kappa shape index (κ3) is 3.07. The second-order valence-electron chi connectivity index (χ2n) is 3.87. The van der Waals surface area contributed by atoms with Gasteiger partial charge in [-0.2, -0.15) is 5.10 Å². The number of aryl methyl sites for hydroxylation is 1. The fourth-order valence-corrected chi connectivity index (χ4v) is 2.48. The molecule has 1 aromatic carbocycles. The first kappa shape index (κ1) is 14.7. The quantitative estimate of drug-likeness (QED) is 0.482. The van der Waals surface area contributed by atoms with E-state index in [1.807, 2.05) is 22.6 Å². The molecule has 0 atom stereocenters. The van der Waals surface area contributed by atoms with Crippen LogP contribution in [0.2, 0.25) is 5.02 Å². The minimum atomic E-state index is -0.606. The van der Waals surface area contributed by atoms with Gasteiger partial charge in [0.2, 0.25) is 0 Å². The lowest BCUT2D eigenvalue weighted by Gasteiger charge is -2.05. The summed E-state index contributed by atoms with van der Waals surface area (Å²) in [5, 5.41) is 17.6. The average Bonchev–Trinajstić information content (AvgIpc) is 2.70. The molecule has 0 aliphatic rings. The van der Waals surface area contributed by atoms with E-state index in [1.165, 1.54) is 22.9 Å². The number of halogens is 2. The van der Waals surface area contributed by atoms with Gasteiger partial charge in [-0.1, -0.05) is 11.6 Å². The lowest BCUT2D eigenvalue weighted by Crippen LogP contribution is -2.15. The molecule has 9 heteroatoms. The highest BCUT2D eigenvalue weighted by Crippen LogP contribution is 2.28. The Hall–Kier alpha value is -1.68. The lowest BCUT2D eigenvalue weighted by atomic mass is 10.2. The molecule has 1 aromatic heterocycles. The third-order valence-electron chi connectivity index (χ3n) is 2.40. The number of nitro groups is 1. The Morgan fingerprint density at radius 1 is 1.55 bits per heavy atom. The first-order chi connectivity index (χ1) is 9.38. The van der Waals surface area contributed by atoms with Gasteiger partial charge in [0.25, 0.3) is 11.6 Å². The molecule has 0 saturated heterocycles. The van der Waals surface area contributed by atoms with Crippen molar-refractivity contribution in [2.24, 2.45) is 7.05 Å². The molecule has 1 amide bonds. The number of hydrogen-bond acceptors (Lipinski definition) is 4. The molecule has 7 nitrogen and oxygen atoms in total. The van der Waals surface area contributed by atoms with E-state index in [0.29, 0.717) is 3.57 Å². The Morgan fingerprint density at radius 3 is 2.80 bits per heavy atom. The van der Waals surface area contributed by atoms with E-state index in [0.717, 1.165) is 0 Å². The summed E-state index contributed by atoms with van der Waals surface area (Å²) in [6, 6.07) is 4.03. The van der Waals surface area contributed by atoms with Crippen molar-refractivity contribution in [3.05, 3.63) is 48.8 Å². The molecule has 0 aliphatic carbocycles. The number of hydrogen-bond donors (Lipinski definition) is 1. The van der Waals surface area contributed by atoms with Crippen molar-refractivity contribution in [1.29, 1.82) is 0 Å². The van der Waals surface area contributed by atoms with Gasteiger partial charge in [-0.15, -0.1) is 0 Å². The molecule has 0 radical (unpaired) electrons. The molecule has 0 spiro atoms. The van der Waals surface area contributed by atoms with Crippen LogP contribution in [0.5, 0.6) is 0 Å². The fraction of sp³-hybridized carbons (Fsp3) is 0.0909. The van der Waals surface area contributed by atoms with Crippen molar-refractivity contribution in [3.8, 4) is 0 Å². The van der Waals surface area contributed by atoms with Gasteiger partial charge in [0.15, 0.2) is 5.69 Å². The van der Waals surface area contributed by atoms with Crippen LogP contribution < -0.4 is 5.32 Å². The number of nitro benzene ring substituents is 1. The molecule has 2 rings (SSSR count). The molecule has 0 fully saturated rings. The van der Waals surface area contributed by atoms with Gasteiger partial charge in [0.1, 0.15) is 5.69 Å². The minimum absolute atomic E-state index is 0.0749. The minimum Gasteiger partial charge on any atom is -0.315 e. The van der Waals surface area contributed by atoms with Gasteiger partial charge in [-0.05, 0) is 34.7 Å². The second kappa shape index (κ2) is 5.75. The van der Waals surface area contributed by atoms with Crippen LogP contribution in [-0.2, 0) is 7.05 Å². The van der Waals surface area contributed by atoms with Crippen LogP contribution in [-0.4, -0.2) is 20.6 Å². The zero-order valence-electron chi connectivity index (χ0n) is 10.1. The number of carbonyl (C=O) groups excluding carboxylic acids is 1. The topological polar surface area (TPSA) is 90.1 Å². The maximum Gasteiger partial charge on any atom is 0.294 e. The van der Waals surface area contributed by atoms with E-state index >= 15 is 0 Å². The largest absolute Gasteiger partial charge is 0.315 e. The molecule has 0 unspecified atom stereocenters. The van der Waals surface area contributed by atoms with Gasteiger partial charge >= 0.3 is 0 Å². The van der Waals surface area contributed by atoms with E-state index in [4.69, 9.17) is 11.6 Å². The van der Waals surface area contributed by atoms with E-state index in [9.17, 15) is 14.9 Å². The van der Waals surface area contributed by atoms with Gasteiger partial charge in [-0.3, -0.25) is 19.6 Å². The summed E-state index contributed by atoms with van der Waals surface area (Å²) < 4.78 is 2.15. The molecular formula is C11H8ClIN4O3. The Bertz CT molecular complexity index is 701. The van der Waals surface area contributed by atoms with Crippen molar-refractivity contribution >= 4 is 51.5 Å². The summed E-state index contributed by atoms with van der Waals surface area (Å²) in [4.78, 5) is 22.4. The highest BCUT2D eigenvalue weighted by Gasteiger charge is 2.20. The fourth-order valence-electron chi connectivity index (χ4n) is 1.56.